The van der Waals surface area contributed by atoms with Gasteiger partial charge in [-0.15, -0.1) is 0 Å². The van der Waals surface area contributed by atoms with Crippen molar-refractivity contribution in [2.75, 3.05) is 25.5 Å². The summed E-state index contributed by atoms with van der Waals surface area (Å²) in [4.78, 5) is 9.69. The number of hydrogen-bond acceptors (Lipinski definition) is 5. The number of likely N-dealkylation sites (tertiary alicyclic amines) is 1. The Morgan fingerprint density at radius 1 is 1.03 bits per heavy atom. The topological polar surface area (TPSA) is 77.0 Å². The first-order chi connectivity index (χ1) is 17.5. The highest BCUT2D eigenvalue weighted by molar-refractivity contribution is 5.96. The van der Waals surface area contributed by atoms with E-state index in [2.05, 4.69) is 27.2 Å². The number of halogens is 2. The first-order valence-electron chi connectivity index (χ1n) is 11.8. The fourth-order valence-electron chi connectivity index (χ4n) is 4.51. The number of anilines is 1. The molecule has 0 amide bonds. The molecule has 1 saturated heterocycles. The van der Waals surface area contributed by atoms with Crippen LogP contribution in [0.3, 0.4) is 0 Å². The van der Waals surface area contributed by atoms with Crippen molar-refractivity contribution in [1.29, 1.82) is 5.26 Å². The van der Waals surface area contributed by atoms with Crippen LogP contribution in [0.5, 0.6) is 5.75 Å². The number of rotatable bonds is 2. The maximum atomic E-state index is 13.8. The summed E-state index contributed by atoms with van der Waals surface area (Å²) in [5, 5.41) is 11.3. The lowest BCUT2D eigenvalue weighted by Crippen LogP contribution is -2.10. The second kappa shape index (κ2) is 10.2. The van der Waals surface area contributed by atoms with Crippen molar-refractivity contribution in [2.45, 2.75) is 19.4 Å². The minimum atomic E-state index is -0.401. The summed E-state index contributed by atoms with van der Waals surface area (Å²) in [5.74, 6) is 0.00895. The predicted molar refractivity (Wildman–Crippen MR) is 136 cm³/mol. The van der Waals surface area contributed by atoms with Crippen molar-refractivity contribution < 1.29 is 13.5 Å². The van der Waals surface area contributed by atoms with E-state index < -0.39 is 5.82 Å². The van der Waals surface area contributed by atoms with Gasteiger partial charge in [0.15, 0.2) is 6.19 Å². The fraction of sp³-hybridized carbons (Fsp3) is 0.214. The number of benzene rings is 3. The third kappa shape index (κ3) is 5.07. The normalized spacial score (nSPS) is 15.8. The molecule has 4 aromatic rings. The van der Waals surface area contributed by atoms with Gasteiger partial charge >= 0.3 is 0 Å². The van der Waals surface area contributed by atoms with Crippen LogP contribution in [0.25, 0.3) is 22.7 Å². The van der Waals surface area contributed by atoms with E-state index in [-0.39, 0.29) is 12.4 Å². The van der Waals surface area contributed by atoms with Crippen LogP contribution >= 0.6 is 0 Å². The highest BCUT2D eigenvalue weighted by Crippen LogP contribution is 2.38. The Morgan fingerprint density at radius 2 is 1.78 bits per heavy atom. The van der Waals surface area contributed by atoms with Crippen LogP contribution in [0.4, 0.5) is 14.7 Å². The fourth-order valence-corrected chi connectivity index (χ4v) is 4.51. The summed E-state index contributed by atoms with van der Waals surface area (Å²) >= 11 is 0. The van der Waals surface area contributed by atoms with Crippen LogP contribution < -0.4 is 10.1 Å². The molecule has 182 valence electrons. The summed E-state index contributed by atoms with van der Waals surface area (Å²) in [7, 11) is 2.17. The lowest BCUT2D eigenvalue weighted by molar-refractivity contribution is 0.305. The molecular formula is C28H25F2N5O. The van der Waals surface area contributed by atoms with Crippen molar-refractivity contribution >= 4 is 28.6 Å². The van der Waals surface area contributed by atoms with Gasteiger partial charge in [0.25, 0.3) is 0 Å². The molecular weight excluding hydrogens is 460 g/mol. The average molecular weight is 486 g/mol. The Balaban J connectivity index is 0.000000391. The third-order valence-electron chi connectivity index (χ3n) is 6.30. The van der Waals surface area contributed by atoms with E-state index in [0.717, 1.165) is 27.8 Å². The number of ether oxygens (including phenoxy) is 1. The molecule has 0 aliphatic carbocycles. The molecule has 1 fully saturated rings. The van der Waals surface area contributed by atoms with Gasteiger partial charge in [-0.2, -0.15) is 5.26 Å². The van der Waals surface area contributed by atoms with E-state index in [9.17, 15) is 8.78 Å². The lowest BCUT2D eigenvalue weighted by Gasteiger charge is -2.11. The standard InChI is InChI=1S/C23H14F2N4O.C5H11N/c24-15-2-4-17-14(9-15)11-30-22-10-16(25)3-5-18(22)19(17)7-13-1-6-20-21(8-13)29-23(28-20)27-12-26;1-6-4-2-3-5-6/h1-10H,11H2,(H2,27,28,29);2-5H2,1H3/b19-7+;. The number of nitriles is 1. The summed E-state index contributed by atoms with van der Waals surface area (Å²) < 4.78 is 33.4. The molecule has 0 atom stereocenters. The van der Waals surface area contributed by atoms with Crippen LogP contribution in [0.2, 0.25) is 0 Å². The van der Waals surface area contributed by atoms with Crippen molar-refractivity contribution in [3.05, 3.63) is 88.5 Å². The Morgan fingerprint density at radius 3 is 2.50 bits per heavy atom. The largest absolute Gasteiger partial charge is 0.488 e. The quantitative estimate of drug-likeness (QED) is 0.272. The van der Waals surface area contributed by atoms with Gasteiger partial charge in [-0.1, -0.05) is 12.1 Å². The molecule has 0 spiro atoms. The molecule has 36 heavy (non-hydrogen) atoms. The molecule has 6 nitrogen and oxygen atoms in total. The lowest BCUT2D eigenvalue weighted by atomic mass is 9.92. The van der Waals surface area contributed by atoms with Crippen LogP contribution in [0.15, 0.2) is 54.6 Å². The zero-order valence-electron chi connectivity index (χ0n) is 19.8. The molecule has 0 radical (unpaired) electrons. The number of nitrogens with zero attached hydrogens (tertiary/aromatic N) is 3. The predicted octanol–water partition coefficient (Wildman–Crippen LogP) is 5.93. The van der Waals surface area contributed by atoms with Crippen LogP contribution in [0, 0.1) is 23.1 Å². The maximum Gasteiger partial charge on any atom is 0.214 e. The number of hydrogen-bond donors (Lipinski definition) is 2. The number of H-pyrrole nitrogens is 1. The van der Waals surface area contributed by atoms with Gasteiger partial charge in [0.1, 0.15) is 24.0 Å². The molecule has 0 unspecified atom stereocenters. The van der Waals surface area contributed by atoms with Gasteiger partial charge in [0.05, 0.1) is 11.0 Å². The first-order valence-corrected chi connectivity index (χ1v) is 11.8. The van der Waals surface area contributed by atoms with E-state index in [1.165, 1.54) is 50.2 Å². The van der Waals surface area contributed by atoms with Crippen LogP contribution in [-0.4, -0.2) is 35.0 Å². The SMILES string of the molecule is CN1CCCC1.N#CNc1nc2ccc(/C=C3\c4ccc(F)cc4COc4cc(F)ccc43)cc2[nH]1. The molecule has 3 aromatic carbocycles. The van der Waals surface area contributed by atoms with Crippen molar-refractivity contribution in [3.8, 4) is 11.9 Å². The van der Waals surface area contributed by atoms with Gasteiger partial charge in [-0.05, 0) is 92.2 Å². The molecule has 2 aliphatic heterocycles. The Kier molecular flexibility index (Phi) is 6.65. The van der Waals surface area contributed by atoms with Crippen LogP contribution in [0.1, 0.15) is 35.1 Å². The van der Waals surface area contributed by atoms with Gasteiger partial charge in [0, 0.05) is 17.2 Å². The van der Waals surface area contributed by atoms with E-state index in [1.54, 1.807) is 12.1 Å². The van der Waals surface area contributed by atoms with E-state index in [4.69, 9.17) is 10.00 Å². The molecule has 2 N–H and O–H groups in total. The molecule has 3 heterocycles. The molecule has 0 bridgehead atoms. The Bertz CT molecular complexity index is 1430. The van der Waals surface area contributed by atoms with Crippen molar-refractivity contribution in [3.63, 3.8) is 0 Å². The zero-order valence-corrected chi connectivity index (χ0v) is 19.8. The minimum Gasteiger partial charge on any atom is -0.488 e. The summed E-state index contributed by atoms with van der Waals surface area (Å²) in [5.41, 5.74) is 5.34. The molecule has 0 saturated carbocycles. The first kappa shape index (κ1) is 23.5. The second-order valence-electron chi connectivity index (χ2n) is 8.90. The summed E-state index contributed by atoms with van der Waals surface area (Å²) in [6.07, 6.45) is 6.60. The number of aromatic nitrogens is 2. The summed E-state index contributed by atoms with van der Waals surface area (Å²) in [6, 6.07) is 14.6. The van der Waals surface area contributed by atoms with E-state index >= 15 is 0 Å². The second-order valence-corrected chi connectivity index (χ2v) is 8.90. The molecule has 2 aliphatic rings. The molecule has 1 aromatic heterocycles. The highest BCUT2D eigenvalue weighted by Gasteiger charge is 2.20. The smallest absolute Gasteiger partial charge is 0.214 e. The highest BCUT2D eigenvalue weighted by atomic mass is 19.1. The van der Waals surface area contributed by atoms with Gasteiger partial charge in [-0.3, -0.25) is 5.32 Å². The van der Waals surface area contributed by atoms with E-state index in [0.29, 0.717) is 22.8 Å². The minimum absolute atomic E-state index is 0.143. The third-order valence-corrected chi connectivity index (χ3v) is 6.30. The monoisotopic (exact) mass is 485 g/mol. The Labute approximate surface area is 207 Å². The van der Waals surface area contributed by atoms with Crippen LogP contribution in [-0.2, 0) is 6.61 Å². The number of imidazole rings is 1. The number of fused-ring (bicyclic) bond motifs is 3. The van der Waals surface area contributed by atoms with Gasteiger partial charge in [-0.25, -0.2) is 13.8 Å². The van der Waals surface area contributed by atoms with Gasteiger partial charge < -0.3 is 14.6 Å². The van der Waals surface area contributed by atoms with Crippen molar-refractivity contribution in [1.82, 2.24) is 14.9 Å². The average Bonchev–Trinajstić information content (AvgIpc) is 3.47. The van der Waals surface area contributed by atoms with Gasteiger partial charge in [0.2, 0.25) is 5.95 Å². The zero-order chi connectivity index (χ0) is 25.1. The Hall–Kier alpha value is -4.22. The van der Waals surface area contributed by atoms with Crippen molar-refractivity contribution in [2.24, 2.45) is 0 Å². The number of nitrogens with one attached hydrogen (secondary N) is 2. The van der Waals surface area contributed by atoms with E-state index in [1.807, 2.05) is 30.5 Å². The molecule has 6 rings (SSSR count). The number of aromatic amines is 1. The summed E-state index contributed by atoms with van der Waals surface area (Å²) in [6.45, 7) is 2.78. The molecule has 8 heteroatoms. The maximum absolute atomic E-state index is 13.8.